The largest absolute Gasteiger partial charge is 0.465 e. The maximum Gasteiger partial charge on any atom is 0.320 e. The minimum absolute atomic E-state index is 0.0859. The summed E-state index contributed by atoms with van der Waals surface area (Å²) >= 11 is 0. The molecule has 0 saturated carbocycles. The summed E-state index contributed by atoms with van der Waals surface area (Å²) in [5.74, 6) is -0.0859. The van der Waals surface area contributed by atoms with E-state index in [2.05, 4.69) is 24.1 Å². The standard InChI is InChI=1S/C11H22N2O2/c1-3-4-7-15-11(14)9-13-6-5-12-8-10(13)2/h10,12H,3-9H2,1-2H3. The van der Waals surface area contributed by atoms with Crippen LogP contribution < -0.4 is 5.32 Å². The Labute approximate surface area is 92.0 Å². The second-order valence-electron chi connectivity index (χ2n) is 4.10. The highest BCUT2D eigenvalue weighted by atomic mass is 16.5. The summed E-state index contributed by atoms with van der Waals surface area (Å²) in [4.78, 5) is 13.6. The molecular weight excluding hydrogens is 192 g/mol. The molecule has 0 aromatic heterocycles. The van der Waals surface area contributed by atoms with Crippen molar-refractivity contribution in [3.8, 4) is 0 Å². The molecule has 0 spiro atoms. The van der Waals surface area contributed by atoms with Crippen LogP contribution in [0.2, 0.25) is 0 Å². The van der Waals surface area contributed by atoms with Gasteiger partial charge in [0.15, 0.2) is 0 Å². The number of nitrogens with zero attached hydrogens (tertiary/aromatic N) is 1. The predicted octanol–water partition coefficient (Wildman–Crippen LogP) is 0.623. The highest BCUT2D eigenvalue weighted by molar-refractivity contribution is 5.71. The lowest BCUT2D eigenvalue weighted by atomic mass is 10.2. The van der Waals surface area contributed by atoms with Gasteiger partial charge < -0.3 is 10.1 Å². The average Bonchev–Trinajstić information content (AvgIpc) is 2.22. The Hall–Kier alpha value is -0.610. The molecule has 0 aromatic carbocycles. The molecule has 0 amide bonds. The fourth-order valence-corrected chi connectivity index (χ4v) is 1.66. The minimum Gasteiger partial charge on any atom is -0.465 e. The van der Waals surface area contributed by atoms with Gasteiger partial charge in [0.25, 0.3) is 0 Å². The summed E-state index contributed by atoms with van der Waals surface area (Å²) in [5, 5.41) is 3.30. The van der Waals surface area contributed by atoms with Crippen LogP contribution in [-0.4, -0.2) is 49.7 Å². The van der Waals surface area contributed by atoms with Gasteiger partial charge in [0.1, 0.15) is 0 Å². The zero-order valence-corrected chi connectivity index (χ0v) is 9.79. The minimum atomic E-state index is -0.0859. The summed E-state index contributed by atoms with van der Waals surface area (Å²) in [6.07, 6.45) is 2.03. The Bertz CT molecular complexity index is 197. The lowest BCUT2D eigenvalue weighted by Gasteiger charge is -2.32. The van der Waals surface area contributed by atoms with Gasteiger partial charge >= 0.3 is 5.97 Å². The van der Waals surface area contributed by atoms with E-state index in [0.29, 0.717) is 19.2 Å². The molecule has 1 atom stereocenters. The van der Waals surface area contributed by atoms with Crippen molar-refractivity contribution in [2.75, 3.05) is 32.8 Å². The molecule has 1 heterocycles. The van der Waals surface area contributed by atoms with Gasteiger partial charge in [-0.15, -0.1) is 0 Å². The van der Waals surface area contributed by atoms with Gasteiger partial charge in [-0.2, -0.15) is 0 Å². The van der Waals surface area contributed by atoms with Gasteiger partial charge in [0, 0.05) is 25.7 Å². The van der Waals surface area contributed by atoms with E-state index in [1.54, 1.807) is 0 Å². The number of rotatable bonds is 5. The number of hydrogen-bond acceptors (Lipinski definition) is 4. The van der Waals surface area contributed by atoms with Crippen molar-refractivity contribution in [3.05, 3.63) is 0 Å². The van der Waals surface area contributed by atoms with Crippen molar-refractivity contribution < 1.29 is 9.53 Å². The molecule has 0 bridgehead atoms. The molecule has 0 aromatic rings. The first kappa shape index (κ1) is 12.5. The van der Waals surface area contributed by atoms with Crippen LogP contribution in [0.4, 0.5) is 0 Å². The summed E-state index contributed by atoms with van der Waals surface area (Å²) < 4.78 is 5.13. The number of carbonyl (C=O) groups is 1. The smallest absolute Gasteiger partial charge is 0.320 e. The average molecular weight is 214 g/mol. The number of ether oxygens (including phenoxy) is 1. The first-order chi connectivity index (χ1) is 7.24. The Balaban J connectivity index is 2.18. The molecule has 1 fully saturated rings. The first-order valence-electron chi connectivity index (χ1n) is 5.84. The van der Waals surface area contributed by atoms with Crippen LogP contribution >= 0.6 is 0 Å². The molecule has 88 valence electrons. The summed E-state index contributed by atoms with van der Waals surface area (Å²) in [5.41, 5.74) is 0. The van der Waals surface area contributed by atoms with Gasteiger partial charge in [-0.25, -0.2) is 0 Å². The van der Waals surface area contributed by atoms with Crippen LogP contribution in [0.3, 0.4) is 0 Å². The molecular formula is C11H22N2O2. The van der Waals surface area contributed by atoms with Crippen LogP contribution in [0.1, 0.15) is 26.7 Å². The Morgan fingerprint density at radius 1 is 1.60 bits per heavy atom. The van der Waals surface area contributed by atoms with E-state index in [1.165, 1.54) is 0 Å². The van der Waals surface area contributed by atoms with Gasteiger partial charge in [0.05, 0.1) is 13.2 Å². The molecule has 1 aliphatic rings. The third-order valence-electron chi connectivity index (χ3n) is 2.73. The molecule has 1 aliphatic heterocycles. The predicted molar refractivity (Wildman–Crippen MR) is 59.8 cm³/mol. The molecule has 0 radical (unpaired) electrons. The topological polar surface area (TPSA) is 41.6 Å². The van der Waals surface area contributed by atoms with Crippen LogP contribution in [0, 0.1) is 0 Å². The molecule has 4 heteroatoms. The van der Waals surface area contributed by atoms with Crippen molar-refractivity contribution in [1.82, 2.24) is 10.2 Å². The summed E-state index contributed by atoms with van der Waals surface area (Å²) in [6, 6.07) is 0.428. The van der Waals surface area contributed by atoms with Crippen molar-refractivity contribution in [1.29, 1.82) is 0 Å². The second kappa shape index (κ2) is 6.80. The van der Waals surface area contributed by atoms with Gasteiger partial charge in [-0.3, -0.25) is 9.69 Å². The van der Waals surface area contributed by atoms with Gasteiger partial charge in [-0.05, 0) is 13.3 Å². The van der Waals surface area contributed by atoms with Gasteiger partial charge in [-0.1, -0.05) is 13.3 Å². The van der Waals surface area contributed by atoms with E-state index in [-0.39, 0.29) is 5.97 Å². The van der Waals surface area contributed by atoms with E-state index in [0.717, 1.165) is 32.5 Å². The SMILES string of the molecule is CCCCOC(=O)CN1CCNCC1C. The van der Waals surface area contributed by atoms with Crippen molar-refractivity contribution in [2.24, 2.45) is 0 Å². The molecule has 1 rings (SSSR count). The van der Waals surface area contributed by atoms with E-state index in [1.807, 2.05) is 0 Å². The van der Waals surface area contributed by atoms with Crippen LogP contribution in [0.25, 0.3) is 0 Å². The number of nitrogens with one attached hydrogen (secondary N) is 1. The molecule has 0 aliphatic carbocycles. The third-order valence-corrected chi connectivity index (χ3v) is 2.73. The summed E-state index contributed by atoms with van der Waals surface area (Å²) in [7, 11) is 0. The highest BCUT2D eigenvalue weighted by Gasteiger charge is 2.20. The molecule has 1 unspecified atom stereocenters. The Kier molecular flexibility index (Phi) is 5.65. The van der Waals surface area contributed by atoms with Crippen LogP contribution in [0.5, 0.6) is 0 Å². The molecule has 4 nitrogen and oxygen atoms in total. The summed E-state index contributed by atoms with van der Waals surface area (Å²) in [6.45, 7) is 8.08. The van der Waals surface area contributed by atoms with Crippen molar-refractivity contribution in [3.63, 3.8) is 0 Å². The number of piperazine rings is 1. The number of unbranched alkanes of at least 4 members (excludes halogenated alkanes) is 1. The maximum atomic E-state index is 11.4. The fourth-order valence-electron chi connectivity index (χ4n) is 1.66. The molecule has 1 N–H and O–H groups in total. The number of esters is 1. The van der Waals surface area contributed by atoms with Crippen molar-refractivity contribution >= 4 is 5.97 Å². The second-order valence-corrected chi connectivity index (χ2v) is 4.10. The Morgan fingerprint density at radius 3 is 3.07 bits per heavy atom. The fraction of sp³-hybridized carbons (Fsp3) is 0.909. The monoisotopic (exact) mass is 214 g/mol. The number of carbonyl (C=O) groups excluding carboxylic acids is 1. The lowest BCUT2D eigenvalue weighted by Crippen LogP contribution is -2.51. The molecule has 15 heavy (non-hydrogen) atoms. The quantitative estimate of drug-likeness (QED) is 0.538. The van der Waals surface area contributed by atoms with Gasteiger partial charge in [0.2, 0.25) is 0 Å². The highest BCUT2D eigenvalue weighted by Crippen LogP contribution is 2.02. The van der Waals surface area contributed by atoms with Crippen molar-refractivity contribution in [2.45, 2.75) is 32.7 Å². The van der Waals surface area contributed by atoms with E-state index >= 15 is 0 Å². The van der Waals surface area contributed by atoms with E-state index in [4.69, 9.17) is 4.74 Å². The lowest BCUT2D eigenvalue weighted by molar-refractivity contribution is -0.145. The zero-order chi connectivity index (χ0) is 11.1. The van der Waals surface area contributed by atoms with Crippen LogP contribution in [0.15, 0.2) is 0 Å². The van der Waals surface area contributed by atoms with E-state index < -0.39 is 0 Å². The normalized spacial score (nSPS) is 22.7. The van der Waals surface area contributed by atoms with Crippen LogP contribution in [-0.2, 0) is 9.53 Å². The Morgan fingerprint density at radius 2 is 2.40 bits per heavy atom. The zero-order valence-electron chi connectivity index (χ0n) is 9.79. The first-order valence-corrected chi connectivity index (χ1v) is 5.84. The molecule has 1 saturated heterocycles. The maximum absolute atomic E-state index is 11.4. The van der Waals surface area contributed by atoms with E-state index in [9.17, 15) is 4.79 Å². The third kappa shape index (κ3) is 4.62. The number of hydrogen-bond donors (Lipinski definition) is 1.